The van der Waals surface area contributed by atoms with Gasteiger partial charge in [0.25, 0.3) is 0 Å². The van der Waals surface area contributed by atoms with Crippen LogP contribution in [0.3, 0.4) is 0 Å². The summed E-state index contributed by atoms with van der Waals surface area (Å²) in [6.45, 7) is 0.404. The summed E-state index contributed by atoms with van der Waals surface area (Å²) >= 11 is 0. The zero-order chi connectivity index (χ0) is 18.3. The molecule has 26 heavy (non-hydrogen) atoms. The van der Waals surface area contributed by atoms with E-state index in [2.05, 4.69) is 5.32 Å². The average Bonchev–Trinajstić information content (AvgIpc) is 2.59. The topological polar surface area (TPSA) is 52.6 Å². The number of aliphatic hydroxyl groups is 1. The molecule has 4 heteroatoms. The first-order chi connectivity index (χ1) is 12.4. The van der Waals surface area contributed by atoms with Crippen LogP contribution in [0.4, 0.5) is 5.69 Å². The third-order valence-corrected chi connectivity index (χ3v) is 7.10. The quantitative estimate of drug-likeness (QED) is 0.824. The van der Waals surface area contributed by atoms with Gasteiger partial charge in [-0.25, -0.2) is 0 Å². The smallest absolute Gasteiger partial charge is 0.224 e. The number of amides is 1. The molecule has 0 heterocycles. The van der Waals surface area contributed by atoms with Gasteiger partial charge < -0.3 is 15.3 Å². The predicted molar refractivity (Wildman–Crippen MR) is 104 cm³/mol. The number of anilines is 1. The molecule has 1 amide bonds. The maximum atomic E-state index is 12.3. The summed E-state index contributed by atoms with van der Waals surface area (Å²) in [4.78, 5) is 14.4. The fourth-order valence-corrected chi connectivity index (χ4v) is 6.17. The minimum Gasteiger partial charge on any atom is -0.391 e. The summed E-state index contributed by atoms with van der Waals surface area (Å²) in [7, 11) is 4.01. The molecule has 1 aromatic carbocycles. The van der Waals surface area contributed by atoms with Crippen molar-refractivity contribution in [3.05, 3.63) is 29.8 Å². The van der Waals surface area contributed by atoms with Crippen LogP contribution in [0.2, 0.25) is 0 Å². The molecular formula is C22H32N2O2. The van der Waals surface area contributed by atoms with Crippen molar-refractivity contribution in [2.45, 2.75) is 51.0 Å². The summed E-state index contributed by atoms with van der Waals surface area (Å²) in [5, 5.41) is 13.9. The highest BCUT2D eigenvalue weighted by atomic mass is 16.3. The maximum Gasteiger partial charge on any atom is 0.224 e. The van der Waals surface area contributed by atoms with E-state index in [0.29, 0.717) is 13.0 Å². The van der Waals surface area contributed by atoms with Crippen LogP contribution in [0.25, 0.3) is 0 Å². The number of carbonyl (C=O) groups is 1. The predicted octanol–water partition coefficient (Wildman–Crippen LogP) is 2.99. The Labute approximate surface area is 157 Å². The summed E-state index contributed by atoms with van der Waals surface area (Å²) < 4.78 is 0. The van der Waals surface area contributed by atoms with Crippen molar-refractivity contribution < 1.29 is 9.90 Å². The van der Waals surface area contributed by atoms with Gasteiger partial charge in [-0.2, -0.15) is 0 Å². The molecule has 4 nitrogen and oxygen atoms in total. The monoisotopic (exact) mass is 356 g/mol. The van der Waals surface area contributed by atoms with Crippen molar-refractivity contribution in [3.63, 3.8) is 0 Å². The number of benzene rings is 1. The van der Waals surface area contributed by atoms with Crippen molar-refractivity contribution in [1.29, 1.82) is 0 Å². The van der Waals surface area contributed by atoms with Crippen LogP contribution in [0, 0.1) is 23.2 Å². The number of hydrogen-bond donors (Lipinski definition) is 2. The number of aliphatic hydroxyl groups excluding tert-OH is 1. The lowest BCUT2D eigenvalue weighted by molar-refractivity contribution is -0.128. The molecule has 0 saturated heterocycles. The Morgan fingerprint density at radius 2 is 1.65 bits per heavy atom. The van der Waals surface area contributed by atoms with E-state index in [1.807, 2.05) is 43.3 Å². The van der Waals surface area contributed by atoms with Crippen LogP contribution in [-0.4, -0.2) is 37.8 Å². The number of nitrogens with one attached hydrogen (secondary N) is 1. The van der Waals surface area contributed by atoms with E-state index in [4.69, 9.17) is 0 Å². The van der Waals surface area contributed by atoms with Crippen molar-refractivity contribution in [2.75, 3.05) is 25.5 Å². The maximum absolute atomic E-state index is 12.3. The molecule has 5 rings (SSSR count). The fourth-order valence-electron chi connectivity index (χ4n) is 6.17. The third-order valence-electron chi connectivity index (χ3n) is 7.10. The lowest BCUT2D eigenvalue weighted by atomic mass is 9.48. The molecule has 0 spiro atoms. The van der Waals surface area contributed by atoms with Crippen LogP contribution >= 0.6 is 0 Å². The highest BCUT2D eigenvalue weighted by Gasteiger charge is 2.53. The highest BCUT2D eigenvalue weighted by molar-refractivity contribution is 5.78. The molecule has 0 unspecified atom stereocenters. The van der Waals surface area contributed by atoms with Gasteiger partial charge >= 0.3 is 0 Å². The number of rotatable bonds is 6. The van der Waals surface area contributed by atoms with Gasteiger partial charge in [-0.1, -0.05) is 12.1 Å². The summed E-state index contributed by atoms with van der Waals surface area (Å²) in [6.07, 6.45) is 7.62. The van der Waals surface area contributed by atoms with Gasteiger partial charge in [0, 0.05) is 26.3 Å². The molecule has 2 N–H and O–H groups in total. The molecule has 0 radical (unpaired) electrons. The lowest BCUT2D eigenvalue weighted by Gasteiger charge is -2.58. The minimum absolute atomic E-state index is 0.00591. The molecule has 4 aliphatic rings. The molecule has 0 aliphatic heterocycles. The standard InChI is InChI=1S/C22H32N2O2/c1-24(2)19-5-3-15(4-6-19)10-21(26)23-14-20(25)22-11-16-7-17(12-22)9-18(8-16)13-22/h3-6,16-18,20,25H,7-14H2,1-2H3,(H,23,26)/t16?,17?,18?,20-,22?/m1/s1. The zero-order valence-corrected chi connectivity index (χ0v) is 16.1. The SMILES string of the molecule is CN(C)c1ccc(CC(=O)NC[C@@H](O)C23CC4CC(CC(C4)C2)C3)cc1. The Morgan fingerprint density at radius 3 is 2.15 bits per heavy atom. The second-order valence-electron chi connectivity index (χ2n) is 9.34. The van der Waals surface area contributed by atoms with Crippen LogP contribution in [-0.2, 0) is 11.2 Å². The second-order valence-corrected chi connectivity index (χ2v) is 9.34. The van der Waals surface area contributed by atoms with Gasteiger partial charge in [0.1, 0.15) is 0 Å². The first-order valence-electron chi connectivity index (χ1n) is 10.1. The summed E-state index contributed by atoms with van der Waals surface area (Å²) in [5.41, 5.74) is 2.22. The summed E-state index contributed by atoms with van der Waals surface area (Å²) in [6, 6.07) is 8.08. The number of hydrogen-bond acceptors (Lipinski definition) is 3. The van der Waals surface area contributed by atoms with E-state index in [0.717, 1.165) is 29.0 Å². The van der Waals surface area contributed by atoms with Crippen molar-refractivity contribution >= 4 is 11.6 Å². The number of carbonyl (C=O) groups excluding carboxylic acids is 1. The van der Waals surface area contributed by atoms with E-state index in [1.165, 1.54) is 38.5 Å². The number of nitrogens with zero attached hydrogens (tertiary/aromatic N) is 1. The van der Waals surface area contributed by atoms with E-state index < -0.39 is 6.10 Å². The van der Waals surface area contributed by atoms with Crippen molar-refractivity contribution in [1.82, 2.24) is 5.32 Å². The molecule has 0 aromatic heterocycles. The van der Waals surface area contributed by atoms with Crippen molar-refractivity contribution in [3.8, 4) is 0 Å². The van der Waals surface area contributed by atoms with Crippen LogP contribution in [0.15, 0.2) is 24.3 Å². The Morgan fingerprint density at radius 1 is 1.12 bits per heavy atom. The fraction of sp³-hybridized carbons (Fsp3) is 0.682. The second kappa shape index (κ2) is 6.88. The van der Waals surface area contributed by atoms with E-state index >= 15 is 0 Å². The zero-order valence-electron chi connectivity index (χ0n) is 16.1. The van der Waals surface area contributed by atoms with Crippen LogP contribution < -0.4 is 10.2 Å². The molecule has 142 valence electrons. The molecule has 1 aromatic rings. The molecule has 4 aliphatic carbocycles. The minimum atomic E-state index is -0.393. The third kappa shape index (κ3) is 3.48. The van der Waals surface area contributed by atoms with Gasteiger partial charge in [-0.3, -0.25) is 4.79 Å². The van der Waals surface area contributed by atoms with Gasteiger partial charge in [0.05, 0.1) is 12.5 Å². The van der Waals surface area contributed by atoms with E-state index in [-0.39, 0.29) is 11.3 Å². The Kier molecular flexibility index (Phi) is 4.72. The largest absolute Gasteiger partial charge is 0.391 e. The van der Waals surface area contributed by atoms with Crippen molar-refractivity contribution in [2.24, 2.45) is 23.2 Å². The summed E-state index contributed by atoms with van der Waals surface area (Å²) in [5.74, 6) is 2.47. The highest BCUT2D eigenvalue weighted by Crippen LogP contribution is 2.61. The van der Waals surface area contributed by atoms with Crippen LogP contribution in [0.1, 0.15) is 44.1 Å². The molecular weight excluding hydrogens is 324 g/mol. The molecule has 4 fully saturated rings. The Bertz CT molecular complexity index is 617. The van der Waals surface area contributed by atoms with Gasteiger partial charge in [0.2, 0.25) is 5.91 Å². The molecule has 4 bridgehead atoms. The van der Waals surface area contributed by atoms with Gasteiger partial charge in [-0.15, -0.1) is 0 Å². The normalized spacial score (nSPS) is 33.1. The van der Waals surface area contributed by atoms with E-state index in [1.54, 1.807) is 0 Å². The van der Waals surface area contributed by atoms with Gasteiger partial charge in [0.15, 0.2) is 0 Å². The lowest BCUT2D eigenvalue weighted by Crippen LogP contribution is -2.54. The first-order valence-corrected chi connectivity index (χ1v) is 10.1. The molecule has 4 saturated carbocycles. The van der Waals surface area contributed by atoms with E-state index in [9.17, 15) is 9.90 Å². The van der Waals surface area contributed by atoms with Gasteiger partial charge in [-0.05, 0) is 79.4 Å². The first kappa shape index (κ1) is 17.8. The average molecular weight is 357 g/mol. The molecule has 1 atom stereocenters. The van der Waals surface area contributed by atoms with Crippen LogP contribution in [0.5, 0.6) is 0 Å². The Balaban J connectivity index is 1.30. The Hall–Kier alpha value is -1.55.